The minimum atomic E-state index is -1.09. The van der Waals surface area contributed by atoms with Crippen LogP contribution < -0.4 is 10.6 Å². The van der Waals surface area contributed by atoms with Gasteiger partial charge in [0.2, 0.25) is 5.91 Å². The first-order valence-electron chi connectivity index (χ1n) is 6.29. The number of piperazine rings is 1. The molecule has 5 nitrogen and oxygen atoms in total. The van der Waals surface area contributed by atoms with Crippen LogP contribution in [0.5, 0.6) is 0 Å². The van der Waals surface area contributed by atoms with Crippen LogP contribution in [0.2, 0.25) is 0 Å². The Hall–Kier alpha value is -2.02. The normalized spacial score (nSPS) is 15.0. The lowest BCUT2D eigenvalue weighted by Gasteiger charge is -2.27. The molecular formula is C13H15F2N3O2. The lowest BCUT2D eigenvalue weighted by molar-refractivity contribution is -0.130. The van der Waals surface area contributed by atoms with Gasteiger partial charge in [0.1, 0.15) is 0 Å². The molecule has 0 aliphatic carbocycles. The molecular weight excluding hydrogens is 268 g/mol. The predicted molar refractivity (Wildman–Crippen MR) is 68.1 cm³/mol. The second kappa shape index (κ2) is 6.42. The molecule has 0 aromatic heterocycles. The van der Waals surface area contributed by atoms with E-state index < -0.39 is 17.5 Å². The van der Waals surface area contributed by atoms with Crippen LogP contribution in [0.1, 0.15) is 10.4 Å². The van der Waals surface area contributed by atoms with Crippen LogP contribution in [0, 0.1) is 11.6 Å². The number of hydrogen-bond donors (Lipinski definition) is 2. The summed E-state index contributed by atoms with van der Waals surface area (Å²) < 4.78 is 25.7. The Bertz CT molecular complexity index is 516. The molecule has 0 unspecified atom stereocenters. The van der Waals surface area contributed by atoms with Crippen molar-refractivity contribution in [2.24, 2.45) is 0 Å². The summed E-state index contributed by atoms with van der Waals surface area (Å²) in [6.07, 6.45) is 0. The molecule has 1 aromatic rings. The fourth-order valence-corrected chi connectivity index (χ4v) is 1.92. The molecule has 0 atom stereocenters. The van der Waals surface area contributed by atoms with Crippen LogP contribution in [0.25, 0.3) is 0 Å². The van der Waals surface area contributed by atoms with Crippen molar-refractivity contribution in [3.8, 4) is 0 Å². The van der Waals surface area contributed by atoms with Gasteiger partial charge in [0, 0.05) is 31.7 Å². The fraction of sp³-hybridized carbons (Fsp3) is 0.385. The SMILES string of the molecule is O=C(NCC(=O)N1CCNCC1)c1ccc(F)c(F)c1. The molecule has 20 heavy (non-hydrogen) atoms. The standard InChI is InChI=1S/C13H15F2N3O2/c14-10-2-1-9(7-11(10)15)13(20)17-8-12(19)18-5-3-16-4-6-18/h1-2,7,16H,3-6,8H2,(H,17,20). The number of carbonyl (C=O) groups is 2. The number of nitrogens with zero attached hydrogens (tertiary/aromatic N) is 1. The van der Waals surface area contributed by atoms with Gasteiger partial charge in [-0.3, -0.25) is 9.59 Å². The summed E-state index contributed by atoms with van der Waals surface area (Å²) in [5, 5.41) is 5.52. The van der Waals surface area contributed by atoms with Gasteiger partial charge in [0.15, 0.2) is 11.6 Å². The number of hydrogen-bond acceptors (Lipinski definition) is 3. The molecule has 2 rings (SSSR count). The Morgan fingerprint density at radius 1 is 1.20 bits per heavy atom. The Morgan fingerprint density at radius 2 is 1.90 bits per heavy atom. The minimum Gasteiger partial charge on any atom is -0.343 e. The number of nitrogens with one attached hydrogen (secondary N) is 2. The molecule has 0 saturated carbocycles. The van der Waals surface area contributed by atoms with Gasteiger partial charge in [-0.25, -0.2) is 8.78 Å². The van der Waals surface area contributed by atoms with Crippen LogP contribution in [0.15, 0.2) is 18.2 Å². The first-order chi connectivity index (χ1) is 9.58. The van der Waals surface area contributed by atoms with Gasteiger partial charge in [-0.2, -0.15) is 0 Å². The zero-order valence-corrected chi connectivity index (χ0v) is 10.8. The number of carbonyl (C=O) groups excluding carboxylic acids is 2. The van der Waals surface area contributed by atoms with E-state index in [-0.39, 0.29) is 18.0 Å². The van der Waals surface area contributed by atoms with Crippen LogP contribution in [-0.4, -0.2) is 49.4 Å². The predicted octanol–water partition coefficient (Wildman–Crippen LogP) is 0.126. The third-order valence-electron chi connectivity index (χ3n) is 3.05. The molecule has 1 aliphatic rings. The van der Waals surface area contributed by atoms with Gasteiger partial charge in [-0.05, 0) is 18.2 Å². The van der Waals surface area contributed by atoms with Crippen molar-refractivity contribution >= 4 is 11.8 Å². The first kappa shape index (κ1) is 14.4. The first-order valence-corrected chi connectivity index (χ1v) is 6.29. The molecule has 1 heterocycles. The number of halogens is 2. The van der Waals surface area contributed by atoms with Crippen molar-refractivity contribution in [3.05, 3.63) is 35.4 Å². The van der Waals surface area contributed by atoms with Gasteiger partial charge in [-0.15, -0.1) is 0 Å². The average molecular weight is 283 g/mol. The molecule has 2 N–H and O–H groups in total. The van der Waals surface area contributed by atoms with E-state index in [1.165, 1.54) is 6.07 Å². The highest BCUT2D eigenvalue weighted by Gasteiger charge is 2.17. The maximum Gasteiger partial charge on any atom is 0.251 e. The highest BCUT2D eigenvalue weighted by atomic mass is 19.2. The molecule has 0 radical (unpaired) electrons. The summed E-state index contributed by atoms with van der Waals surface area (Å²) in [7, 11) is 0. The van der Waals surface area contributed by atoms with E-state index in [2.05, 4.69) is 10.6 Å². The smallest absolute Gasteiger partial charge is 0.251 e. The van der Waals surface area contributed by atoms with E-state index >= 15 is 0 Å². The molecule has 0 spiro atoms. The minimum absolute atomic E-state index is 0.0167. The van der Waals surface area contributed by atoms with Gasteiger partial charge in [-0.1, -0.05) is 0 Å². The van der Waals surface area contributed by atoms with E-state index in [1.54, 1.807) is 4.90 Å². The fourth-order valence-electron chi connectivity index (χ4n) is 1.92. The van der Waals surface area contributed by atoms with Crippen molar-refractivity contribution in [2.45, 2.75) is 0 Å². The van der Waals surface area contributed by atoms with E-state index in [4.69, 9.17) is 0 Å². The largest absolute Gasteiger partial charge is 0.343 e. The second-order valence-electron chi connectivity index (χ2n) is 4.44. The highest BCUT2D eigenvalue weighted by Crippen LogP contribution is 2.08. The molecule has 0 bridgehead atoms. The van der Waals surface area contributed by atoms with E-state index in [0.29, 0.717) is 13.1 Å². The Balaban J connectivity index is 1.88. The maximum atomic E-state index is 13.0. The molecule has 1 fully saturated rings. The third kappa shape index (κ3) is 3.51. The van der Waals surface area contributed by atoms with Gasteiger partial charge in [0.25, 0.3) is 5.91 Å². The Kier molecular flexibility index (Phi) is 4.62. The summed E-state index contributed by atoms with van der Waals surface area (Å²) in [4.78, 5) is 25.2. The molecule has 1 saturated heterocycles. The molecule has 2 amide bonds. The topological polar surface area (TPSA) is 61.4 Å². The van der Waals surface area contributed by atoms with E-state index in [9.17, 15) is 18.4 Å². The van der Waals surface area contributed by atoms with Crippen molar-refractivity contribution in [1.29, 1.82) is 0 Å². The Labute approximate surface area is 114 Å². The molecule has 7 heteroatoms. The van der Waals surface area contributed by atoms with Crippen molar-refractivity contribution in [2.75, 3.05) is 32.7 Å². The number of rotatable bonds is 3. The second-order valence-corrected chi connectivity index (χ2v) is 4.44. The monoisotopic (exact) mass is 283 g/mol. The summed E-state index contributed by atoms with van der Waals surface area (Å²) in [5.41, 5.74) is -0.0167. The van der Waals surface area contributed by atoms with Gasteiger partial charge < -0.3 is 15.5 Å². The molecule has 1 aromatic carbocycles. The lowest BCUT2D eigenvalue weighted by atomic mass is 10.2. The lowest BCUT2D eigenvalue weighted by Crippen LogP contribution is -2.49. The number of benzene rings is 1. The summed E-state index contributed by atoms with van der Waals surface area (Å²) in [5.74, 6) is -2.90. The quantitative estimate of drug-likeness (QED) is 0.828. The summed E-state index contributed by atoms with van der Waals surface area (Å²) in [6.45, 7) is 2.49. The van der Waals surface area contributed by atoms with E-state index in [0.717, 1.165) is 25.2 Å². The number of amides is 2. The maximum absolute atomic E-state index is 13.0. The van der Waals surface area contributed by atoms with Crippen LogP contribution in [0.4, 0.5) is 8.78 Å². The van der Waals surface area contributed by atoms with Crippen LogP contribution in [-0.2, 0) is 4.79 Å². The zero-order chi connectivity index (χ0) is 14.5. The van der Waals surface area contributed by atoms with Crippen LogP contribution in [0.3, 0.4) is 0 Å². The molecule has 1 aliphatic heterocycles. The van der Waals surface area contributed by atoms with Gasteiger partial charge in [0.05, 0.1) is 6.54 Å². The highest BCUT2D eigenvalue weighted by molar-refractivity contribution is 5.96. The summed E-state index contributed by atoms with van der Waals surface area (Å²) >= 11 is 0. The zero-order valence-electron chi connectivity index (χ0n) is 10.8. The Morgan fingerprint density at radius 3 is 2.55 bits per heavy atom. The van der Waals surface area contributed by atoms with Crippen molar-refractivity contribution in [3.63, 3.8) is 0 Å². The van der Waals surface area contributed by atoms with Gasteiger partial charge >= 0.3 is 0 Å². The summed E-state index contributed by atoms with van der Waals surface area (Å²) in [6, 6.07) is 2.85. The van der Waals surface area contributed by atoms with Crippen molar-refractivity contribution in [1.82, 2.24) is 15.5 Å². The van der Waals surface area contributed by atoms with E-state index in [1.807, 2.05) is 0 Å². The third-order valence-corrected chi connectivity index (χ3v) is 3.05. The molecule has 108 valence electrons. The average Bonchev–Trinajstić information content (AvgIpc) is 2.48. The van der Waals surface area contributed by atoms with Crippen LogP contribution >= 0.6 is 0 Å². The van der Waals surface area contributed by atoms with Crippen molar-refractivity contribution < 1.29 is 18.4 Å².